The molecule has 1 aromatic carbocycles. The molecule has 0 radical (unpaired) electrons. The Morgan fingerprint density at radius 2 is 1.16 bits per heavy atom. The first-order chi connectivity index (χ1) is 15.2. The van der Waals surface area contributed by atoms with Crippen LogP contribution < -0.4 is 0 Å². The lowest BCUT2D eigenvalue weighted by atomic mass is 10.1. The number of alkyl halides is 1. The third-order valence-electron chi connectivity index (χ3n) is 5.99. The topological polar surface area (TPSA) is 57.2 Å². The molecular weight excluding hydrogens is 442 g/mol. The number of hydrogen-bond donors (Lipinski definition) is 0. The van der Waals surface area contributed by atoms with Gasteiger partial charge in [-0.2, -0.15) is 0 Å². The molecule has 0 aliphatic rings. The summed E-state index contributed by atoms with van der Waals surface area (Å²) < 4.78 is 32.5. The van der Waals surface area contributed by atoms with Crippen molar-refractivity contribution in [3.8, 4) is 0 Å². The van der Waals surface area contributed by atoms with Crippen LogP contribution in [-0.2, 0) is 10.1 Å². The molecule has 4 nitrogen and oxygen atoms in total. The summed E-state index contributed by atoms with van der Waals surface area (Å²) in [6.45, 7) is 10.5. The Hall–Kier alpha value is -0.620. The molecule has 0 aliphatic heterocycles. The van der Waals surface area contributed by atoms with Gasteiger partial charge in [0.2, 0.25) is 0 Å². The standard InChI is InChI=1S/C19H41ClN.C7H8O3S/c1-4-6-8-10-13-17-21(3,19-15-12-16-20)18-14-11-9-7-5-2;1-6-2-4-7(5-3-6)11(8,9)10/h4-19H2,1-3H3;2-5H,1H3,(H,8,9,10)/q+1;/p-1. The highest BCUT2D eigenvalue weighted by atomic mass is 35.5. The van der Waals surface area contributed by atoms with Gasteiger partial charge in [0.05, 0.1) is 31.6 Å². The van der Waals surface area contributed by atoms with Crippen LogP contribution in [-0.4, -0.2) is 50.0 Å². The van der Waals surface area contributed by atoms with Crippen molar-refractivity contribution in [2.24, 2.45) is 0 Å². The van der Waals surface area contributed by atoms with Gasteiger partial charge in [-0.25, -0.2) is 8.42 Å². The number of unbranched alkanes of at least 4 members (excludes halogenated alkanes) is 9. The summed E-state index contributed by atoms with van der Waals surface area (Å²) in [6, 6.07) is 5.78. The lowest BCUT2D eigenvalue weighted by Crippen LogP contribution is -2.46. The van der Waals surface area contributed by atoms with E-state index in [0.29, 0.717) is 0 Å². The number of hydrogen-bond acceptors (Lipinski definition) is 3. The van der Waals surface area contributed by atoms with Gasteiger partial charge >= 0.3 is 0 Å². The molecule has 0 heterocycles. The van der Waals surface area contributed by atoms with E-state index in [9.17, 15) is 13.0 Å². The first kappa shape index (κ1) is 31.4. The highest BCUT2D eigenvalue weighted by molar-refractivity contribution is 7.85. The average Bonchev–Trinajstić information content (AvgIpc) is 2.74. The van der Waals surface area contributed by atoms with Gasteiger partial charge in [0.15, 0.2) is 0 Å². The van der Waals surface area contributed by atoms with Gasteiger partial charge in [0.25, 0.3) is 0 Å². The van der Waals surface area contributed by atoms with Crippen molar-refractivity contribution in [3.05, 3.63) is 29.8 Å². The van der Waals surface area contributed by atoms with Gasteiger partial charge in [0.1, 0.15) is 10.1 Å². The fraction of sp³-hybridized carbons (Fsp3) is 0.769. The van der Waals surface area contributed by atoms with Crippen molar-refractivity contribution in [1.29, 1.82) is 0 Å². The number of rotatable bonds is 17. The molecule has 0 atom stereocenters. The fourth-order valence-electron chi connectivity index (χ4n) is 3.82. The maximum atomic E-state index is 10.4. The van der Waals surface area contributed by atoms with Crippen molar-refractivity contribution in [2.75, 3.05) is 32.6 Å². The van der Waals surface area contributed by atoms with E-state index in [-0.39, 0.29) is 4.90 Å². The van der Waals surface area contributed by atoms with E-state index in [1.807, 2.05) is 6.92 Å². The van der Waals surface area contributed by atoms with Crippen molar-refractivity contribution in [3.63, 3.8) is 0 Å². The second kappa shape index (κ2) is 18.8. The summed E-state index contributed by atoms with van der Waals surface area (Å²) in [6.07, 6.45) is 16.5. The monoisotopic (exact) mass is 489 g/mol. The number of benzene rings is 1. The normalized spacial score (nSPS) is 11.8. The zero-order valence-corrected chi connectivity index (χ0v) is 22.7. The SMILES string of the molecule is CCCCCCC[N+](C)(CCCCCl)CCCCCCC.Cc1ccc(S(=O)(=O)[O-])cc1. The van der Waals surface area contributed by atoms with Gasteiger partial charge in [0, 0.05) is 5.88 Å². The molecule has 0 saturated carbocycles. The Morgan fingerprint density at radius 1 is 0.750 bits per heavy atom. The molecule has 0 fully saturated rings. The Balaban J connectivity index is 0.000000726. The molecule has 188 valence electrons. The minimum atomic E-state index is -4.27. The van der Waals surface area contributed by atoms with Gasteiger partial charge < -0.3 is 9.04 Å². The van der Waals surface area contributed by atoms with Crippen LogP contribution >= 0.6 is 11.6 Å². The van der Waals surface area contributed by atoms with Crippen LogP contribution in [0.2, 0.25) is 0 Å². The number of aryl methyl sites for hydroxylation is 1. The lowest BCUT2D eigenvalue weighted by Gasteiger charge is -2.35. The molecule has 6 heteroatoms. The van der Waals surface area contributed by atoms with Gasteiger partial charge in [-0.15, -0.1) is 11.6 Å². The van der Waals surface area contributed by atoms with Crippen molar-refractivity contribution >= 4 is 21.7 Å². The summed E-state index contributed by atoms with van der Waals surface area (Å²) in [4.78, 5) is -0.178. The third kappa shape index (κ3) is 16.9. The zero-order chi connectivity index (χ0) is 24.3. The summed E-state index contributed by atoms with van der Waals surface area (Å²) in [7, 11) is -1.79. The predicted octanol–water partition coefficient (Wildman–Crippen LogP) is 7.29. The van der Waals surface area contributed by atoms with Gasteiger partial charge in [-0.3, -0.25) is 0 Å². The molecule has 0 saturated heterocycles. The fourth-order valence-corrected chi connectivity index (χ4v) is 4.48. The Bertz CT molecular complexity index is 648. The van der Waals surface area contributed by atoms with Gasteiger partial charge in [-0.1, -0.05) is 70.1 Å². The van der Waals surface area contributed by atoms with Crippen LogP contribution in [0.3, 0.4) is 0 Å². The van der Waals surface area contributed by atoms with E-state index in [4.69, 9.17) is 11.6 Å². The minimum Gasteiger partial charge on any atom is -0.744 e. The second-order valence-electron chi connectivity index (χ2n) is 9.28. The van der Waals surface area contributed by atoms with Crippen molar-refractivity contribution in [1.82, 2.24) is 0 Å². The zero-order valence-electron chi connectivity index (χ0n) is 21.1. The smallest absolute Gasteiger partial charge is 0.124 e. The first-order valence-electron chi connectivity index (χ1n) is 12.6. The quantitative estimate of drug-likeness (QED) is 0.0998. The van der Waals surface area contributed by atoms with E-state index in [1.54, 1.807) is 12.1 Å². The molecule has 32 heavy (non-hydrogen) atoms. The third-order valence-corrected chi connectivity index (χ3v) is 7.11. The molecule has 1 aromatic rings. The minimum absolute atomic E-state index is 0.178. The second-order valence-corrected chi connectivity index (χ2v) is 11.0. The first-order valence-corrected chi connectivity index (χ1v) is 14.5. The molecule has 0 unspecified atom stereocenters. The maximum Gasteiger partial charge on any atom is 0.124 e. The predicted molar refractivity (Wildman–Crippen MR) is 137 cm³/mol. The molecule has 0 spiro atoms. The molecule has 0 aromatic heterocycles. The van der Waals surface area contributed by atoms with Gasteiger partial charge in [-0.05, 0) is 57.6 Å². The summed E-state index contributed by atoms with van der Waals surface area (Å²) in [5, 5.41) is 0. The molecule has 1 rings (SSSR count). The Labute approximate surface area is 204 Å². The molecule has 0 bridgehead atoms. The molecule has 0 amide bonds. The van der Waals surface area contributed by atoms with E-state index >= 15 is 0 Å². The highest BCUT2D eigenvalue weighted by Crippen LogP contribution is 2.14. The van der Waals surface area contributed by atoms with Crippen LogP contribution in [0.4, 0.5) is 0 Å². The van der Waals surface area contributed by atoms with Crippen LogP contribution in [0.1, 0.15) is 96.5 Å². The Kier molecular flexibility index (Phi) is 18.4. The summed E-state index contributed by atoms with van der Waals surface area (Å²) in [5.41, 5.74) is 0.928. The van der Waals surface area contributed by atoms with Crippen molar-refractivity contribution < 1.29 is 17.5 Å². The number of nitrogens with zero attached hydrogens (tertiary/aromatic N) is 1. The molecule has 0 N–H and O–H groups in total. The number of halogens is 1. The molecule has 0 aliphatic carbocycles. The number of quaternary nitrogens is 1. The van der Waals surface area contributed by atoms with Crippen LogP contribution in [0.25, 0.3) is 0 Å². The maximum absolute atomic E-state index is 10.4. The average molecular weight is 490 g/mol. The molecular formula is C26H48ClNO3S. The van der Waals surface area contributed by atoms with E-state index in [0.717, 1.165) is 11.4 Å². The van der Waals surface area contributed by atoms with E-state index in [1.165, 1.54) is 113 Å². The highest BCUT2D eigenvalue weighted by Gasteiger charge is 2.19. The van der Waals surface area contributed by atoms with Crippen molar-refractivity contribution in [2.45, 2.75) is 103 Å². The summed E-state index contributed by atoms with van der Waals surface area (Å²) in [5.74, 6) is 0.826. The largest absolute Gasteiger partial charge is 0.744 e. The van der Waals surface area contributed by atoms with E-state index in [2.05, 4.69) is 20.9 Å². The van der Waals surface area contributed by atoms with E-state index < -0.39 is 10.1 Å². The van der Waals surface area contributed by atoms with Crippen LogP contribution in [0.5, 0.6) is 0 Å². The lowest BCUT2D eigenvalue weighted by molar-refractivity contribution is -0.910. The van der Waals surface area contributed by atoms with Crippen LogP contribution in [0.15, 0.2) is 29.2 Å². The Morgan fingerprint density at radius 3 is 1.53 bits per heavy atom. The summed E-state index contributed by atoms with van der Waals surface area (Å²) >= 11 is 5.85. The van der Waals surface area contributed by atoms with Crippen LogP contribution in [0, 0.1) is 6.92 Å².